The topological polar surface area (TPSA) is 85.0 Å². The molecular formula is C21H19N3O3S. The van der Waals surface area contributed by atoms with Gasteiger partial charge in [-0.2, -0.15) is 5.26 Å². The highest BCUT2D eigenvalue weighted by atomic mass is 32.2. The van der Waals surface area contributed by atoms with Crippen LogP contribution in [0, 0.1) is 18.3 Å². The van der Waals surface area contributed by atoms with Gasteiger partial charge in [0.05, 0.1) is 24.1 Å². The lowest BCUT2D eigenvalue weighted by Gasteiger charge is -2.14. The van der Waals surface area contributed by atoms with Crippen molar-refractivity contribution < 1.29 is 9.53 Å². The molecule has 6 nitrogen and oxygen atoms in total. The van der Waals surface area contributed by atoms with Crippen LogP contribution in [0.2, 0.25) is 0 Å². The Balaban J connectivity index is 1.98. The summed E-state index contributed by atoms with van der Waals surface area (Å²) in [5.74, 6) is -0.548. The average Bonchev–Trinajstić information content (AvgIpc) is 2.71. The Morgan fingerprint density at radius 2 is 1.96 bits per heavy atom. The maximum atomic E-state index is 12.9. The zero-order valence-electron chi connectivity index (χ0n) is 15.6. The summed E-state index contributed by atoms with van der Waals surface area (Å²) in [5.41, 5.74) is 2.37. The van der Waals surface area contributed by atoms with E-state index in [-0.39, 0.29) is 12.1 Å². The van der Waals surface area contributed by atoms with Crippen molar-refractivity contribution in [2.45, 2.75) is 30.3 Å². The van der Waals surface area contributed by atoms with Crippen LogP contribution in [0.3, 0.4) is 0 Å². The minimum atomic E-state index is -0.548. The van der Waals surface area contributed by atoms with Gasteiger partial charge in [0.25, 0.3) is 5.56 Å². The number of thioether (sulfide) groups is 1. The standard InChI is InChI=1S/C21H19N3O3S/c1-14-7-9-15(10-8-14)11-16(12-22)28-21-23-18-6-4-3-5-17(18)20(26)24(21)13-19(25)27-2/h3-10,16H,11,13H2,1-2H3/t16-/m1/s1. The van der Waals surface area contributed by atoms with Crippen LogP contribution >= 0.6 is 11.8 Å². The molecular weight excluding hydrogens is 374 g/mol. The van der Waals surface area contributed by atoms with E-state index in [4.69, 9.17) is 4.74 Å². The summed E-state index contributed by atoms with van der Waals surface area (Å²) >= 11 is 1.18. The lowest BCUT2D eigenvalue weighted by atomic mass is 10.1. The van der Waals surface area contributed by atoms with Crippen LogP contribution in [0.5, 0.6) is 0 Å². The molecule has 3 aromatic rings. The van der Waals surface area contributed by atoms with E-state index < -0.39 is 11.2 Å². The summed E-state index contributed by atoms with van der Waals surface area (Å²) in [6.07, 6.45) is 0.502. The Morgan fingerprint density at radius 3 is 2.64 bits per heavy atom. The van der Waals surface area contributed by atoms with Gasteiger partial charge in [0.1, 0.15) is 11.8 Å². The third-order valence-corrected chi connectivity index (χ3v) is 5.35. The molecule has 0 aliphatic carbocycles. The van der Waals surface area contributed by atoms with Crippen LogP contribution in [0.15, 0.2) is 58.5 Å². The van der Waals surface area contributed by atoms with Gasteiger partial charge in [-0.3, -0.25) is 14.2 Å². The number of aryl methyl sites for hydroxylation is 1. The van der Waals surface area contributed by atoms with Crippen molar-refractivity contribution in [3.8, 4) is 6.07 Å². The second-order valence-corrected chi connectivity index (χ2v) is 7.47. The SMILES string of the molecule is COC(=O)Cn1c(S[C@@H](C#N)Cc2ccc(C)cc2)nc2ccccc2c1=O. The monoisotopic (exact) mass is 393 g/mol. The minimum Gasteiger partial charge on any atom is -0.468 e. The second-order valence-electron chi connectivity index (χ2n) is 6.30. The summed E-state index contributed by atoms with van der Waals surface area (Å²) < 4.78 is 5.99. The molecule has 0 saturated heterocycles. The number of benzene rings is 2. The normalized spacial score (nSPS) is 11.8. The van der Waals surface area contributed by atoms with Crippen LogP contribution in [0.4, 0.5) is 0 Å². The Labute approximate surface area is 166 Å². The van der Waals surface area contributed by atoms with Crippen LogP contribution in [-0.4, -0.2) is 27.9 Å². The van der Waals surface area contributed by atoms with E-state index in [1.807, 2.05) is 31.2 Å². The molecule has 1 aromatic heterocycles. The highest BCUT2D eigenvalue weighted by Gasteiger charge is 2.19. The fourth-order valence-electron chi connectivity index (χ4n) is 2.75. The van der Waals surface area contributed by atoms with E-state index in [0.29, 0.717) is 22.5 Å². The smallest absolute Gasteiger partial charge is 0.325 e. The highest BCUT2D eigenvalue weighted by Crippen LogP contribution is 2.25. The molecule has 0 amide bonds. The Hall–Kier alpha value is -3.11. The van der Waals surface area contributed by atoms with E-state index in [9.17, 15) is 14.9 Å². The van der Waals surface area contributed by atoms with Crippen LogP contribution in [-0.2, 0) is 22.5 Å². The van der Waals surface area contributed by atoms with Gasteiger partial charge in [0, 0.05) is 0 Å². The van der Waals surface area contributed by atoms with Crippen molar-refractivity contribution in [2.75, 3.05) is 7.11 Å². The predicted octanol–water partition coefficient (Wildman–Crippen LogP) is 3.10. The van der Waals surface area contributed by atoms with Gasteiger partial charge in [0.15, 0.2) is 5.16 Å². The molecule has 0 saturated carbocycles. The molecule has 142 valence electrons. The third-order valence-electron chi connectivity index (χ3n) is 4.27. The summed E-state index contributed by atoms with van der Waals surface area (Å²) in [6.45, 7) is 1.75. The van der Waals surface area contributed by atoms with Gasteiger partial charge in [-0.05, 0) is 31.0 Å². The Kier molecular flexibility index (Phi) is 6.12. The van der Waals surface area contributed by atoms with E-state index >= 15 is 0 Å². The maximum Gasteiger partial charge on any atom is 0.325 e. The van der Waals surface area contributed by atoms with E-state index in [2.05, 4.69) is 11.1 Å². The fraction of sp³-hybridized carbons (Fsp3) is 0.238. The molecule has 0 radical (unpaired) electrons. The first-order chi connectivity index (χ1) is 13.5. The predicted molar refractivity (Wildman–Crippen MR) is 108 cm³/mol. The molecule has 0 aliphatic rings. The molecule has 0 bridgehead atoms. The molecule has 0 spiro atoms. The van der Waals surface area contributed by atoms with Crippen molar-refractivity contribution in [3.05, 3.63) is 70.0 Å². The van der Waals surface area contributed by atoms with E-state index in [1.165, 1.54) is 23.4 Å². The number of hydrogen-bond donors (Lipinski definition) is 0. The minimum absolute atomic E-state index is 0.252. The average molecular weight is 393 g/mol. The van der Waals surface area contributed by atoms with Gasteiger partial charge < -0.3 is 4.74 Å². The summed E-state index contributed by atoms with van der Waals surface area (Å²) in [5, 5.41) is 9.91. The first-order valence-electron chi connectivity index (χ1n) is 8.70. The fourth-order valence-corrected chi connectivity index (χ4v) is 3.76. The third kappa shape index (κ3) is 4.41. The first-order valence-corrected chi connectivity index (χ1v) is 9.58. The molecule has 28 heavy (non-hydrogen) atoms. The van der Waals surface area contributed by atoms with Gasteiger partial charge >= 0.3 is 5.97 Å². The number of carbonyl (C=O) groups excluding carboxylic acids is 1. The number of ether oxygens (including phenoxy) is 1. The molecule has 0 aliphatic heterocycles. The van der Waals surface area contributed by atoms with Crippen molar-refractivity contribution in [3.63, 3.8) is 0 Å². The molecule has 7 heteroatoms. The van der Waals surface area contributed by atoms with Crippen LogP contribution in [0.25, 0.3) is 10.9 Å². The highest BCUT2D eigenvalue weighted by molar-refractivity contribution is 8.00. The van der Waals surface area contributed by atoms with Gasteiger partial charge in [-0.25, -0.2) is 4.98 Å². The largest absolute Gasteiger partial charge is 0.468 e. The van der Waals surface area contributed by atoms with E-state index in [1.54, 1.807) is 24.3 Å². The van der Waals surface area contributed by atoms with Gasteiger partial charge in [-0.1, -0.05) is 53.7 Å². The maximum absolute atomic E-state index is 12.9. The first kappa shape index (κ1) is 19.6. The summed E-state index contributed by atoms with van der Waals surface area (Å²) in [7, 11) is 1.27. The molecule has 3 rings (SSSR count). The Bertz CT molecular complexity index is 1100. The molecule has 1 atom stereocenters. The molecule has 1 heterocycles. The van der Waals surface area contributed by atoms with Crippen molar-refractivity contribution >= 4 is 28.6 Å². The molecule has 0 N–H and O–H groups in total. The molecule has 0 unspecified atom stereocenters. The number of carbonyl (C=O) groups is 1. The number of fused-ring (bicyclic) bond motifs is 1. The van der Waals surface area contributed by atoms with Crippen LogP contribution in [0.1, 0.15) is 11.1 Å². The van der Waals surface area contributed by atoms with Crippen molar-refractivity contribution in [2.24, 2.45) is 0 Å². The van der Waals surface area contributed by atoms with Crippen LogP contribution < -0.4 is 5.56 Å². The zero-order valence-corrected chi connectivity index (χ0v) is 16.4. The summed E-state index contributed by atoms with van der Waals surface area (Å²) in [6, 6.07) is 17.2. The van der Waals surface area contributed by atoms with Crippen molar-refractivity contribution in [1.29, 1.82) is 5.26 Å². The number of nitrogens with zero attached hydrogens (tertiary/aromatic N) is 3. The number of rotatable bonds is 6. The number of nitriles is 1. The molecule has 0 fully saturated rings. The zero-order chi connectivity index (χ0) is 20.1. The van der Waals surface area contributed by atoms with Gasteiger partial charge in [0.2, 0.25) is 0 Å². The lowest BCUT2D eigenvalue weighted by Crippen LogP contribution is -2.28. The van der Waals surface area contributed by atoms with Gasteiger partial charge in [-0.15, -0.1) is 0 Å². The number of methoxy groups -OCH3 is 1. The number of para-hydroxylation sites is 1. The number of esters is 1. The Morgan fingerprint density at radius 1 is 1.25 bits per heavy atom. The van der Waals surface area contributed by atoms with Crippen molar-refractivity contribution in [1.82, 2.24) is 9.55 Å². The number of aromatic nitrogens is 2. The lowest BCUT2D eigenvalue weighted by molar-refractivity contribution is -0.141. The van der Waals surface area contributed by atoms with E-state index in [0.717, 1.165) is 11.1 Å². The quantitative estimate of drug-likeness (QED) is 0.363. The summed E-state index contributed by atoms with van der Waals surface area (Å²) in [4.78, 5) is 29.2. The molecule has 2 aromatic carbocycles. The number of hydrogen-bond acceptors (Lipinski definition) is 6. The second kappa shape index (κ2) is 8.72.